The quantitative estimate of drug-likeness (QED) is 0.498. The number of H-pyrrole nitrogens is 1. The van der Waals surface area contributed by atoms with Crippen LogP contribution in [0, 0.1) is 0 Å². The van der Waals surface area contributed by atoms with Gasteiger partial charge < -0.3 is 33.8 Å². The maximum Gasteiger partial charge on any atom is 0.361 e. The molecule has 0 aromatic carbocycles. The Morgan fingerprint density at radius 2 is 1.93 bits per heavy atom. The molecule has 3 N–H and O–H groups in total. The van der Waals surface area contributed by atoms with Gasteiger partial charge in [0, 0.05) is 13.1 Å². The molecule has 1 aliphatic heterocycles. The van der Waals surface area contributed by atoms with Crippen molar-refractivity contribution >= 4 is 18.8 Å². The molecular weight excluding hydrogens is 401 g/mol. The third-order valence-electron chi connectivity index (χ3n) is 4.39. The number of aromatic nitrogens is 4. The lowest BCUT2D eigenvalue weighted by atomic mass is 10.2. The summed E-state index contributed by atoms with van der Waals surface area (Å²) in [4.78, 5) is 22.7. The average Bonchev–Trinajstić information content (AvgIpc) is 3.24. The van der Waals surface area contributed by atoms with Crippen molar-refractivity contribution in [1.29, 1.82) is 0 Å². The van der Waals surface area contributed by atoms with E-state index in [1.165, 1.54) is 6.33 Å². The summed E-state index contributed by atoms with van der Waals surface area (Å²) in [6.07, 6.45) is 1.77. The molecule has 0 amide bonds. The maximum absolute atomic E-state index is 13.0. The number of rotatable bonds is 9. The van der Waals surface area contributed by atoms with E-state index in [0.29, 0.717) is 18.7 Å². The van der Waals surface area contributed by atoms with Gasteiger partial charge in [0.05, 0.1) is 43.6 Å². The SMILES string of the molecule is CC(C)OP(=O)(OC(C)C)[C@H](O)CO[C@H]1CNC[C@H]1n1cnc2c(=O)[nH]cnc21. The number of nitrogens with zero attached hydrogens (tertiary/aromatic N) is 3. The Bertz CT molecular complexity index is 914. The molecule has 162 valence electrons. The van der Waals surface area contributed by atoms with Gasteiger partial charge in [-0.05, 0) is 27.7 Å². The molecule has 3 atom stereocenters. The number of fused-ring (bicyclic) bond motifs is 1. The fourth-order valence-electron chi connectivity index (χ4n) is 3.25. The van der Waals surface area contributed by atoms with Gasteiger partial charge in [-0.3, -0.25) is 9.36 Å². The Morgan fingerprint density at radius 1 is 1.24 bits per heavy atom. The van der Waals surface area contributed by atoms with Crippen LogP contribution in [0.1, 0.15) is 33.7 Å². The third kappa shape index (κ3) is 4.93. The number of imidazole rings is 1. The van der Waals surface area contributed by atoms with Gasteiger partial charge in [0.25, 0.3) is 5.56 Å². The minimum atomic E-state index is -3.77. The van der Waals surface area contributed by atoms with Gasteiger partial charge in [0.2, 0.25) is 0 Å². The second-order valence-corrected chi connectivity index (χ2v) is 9.58. The fourth-order valence-corrected chi connectivity index (χ4v) is 5.02. The Morgan fingerprint density at radius 3 is 2.59 bits per heavy atom. The molecule has 29 heavy (non-hydrogen) atoms. The number of hydrogen-bond donors (Lipinski definition) is 3. The Hall–Kier alpha value is -1.62. The lowest BCUT2D eigenvalue weighted by Crippen LogP contribution is -2.30. The summed E-state index contributed by atoms with van der Waals surface area (Å²) in [5, 5.41) is 13.7. The van der Waals surface area contributed by atoms with Gasteiger partial charge in [0.1, 0.15) is 0 Å². The highest BCUT2D eigenvalue weighted by Crippen LogP contribution is 2.54. The predicted octanol–water partition coefficient (Wildman–Crippen LogP) is 1.01. The van der Waals surface area contributed by atoms with Crippen molar-refractivity contribution in [1.82, 2.24) is 24.8 Å². The van der Waals surface area contributed by atoms with Crippen LogP contribution in [-0.4, -0.2) is 68.5 Å². The summed E-state index contributed by atoms with van der Waals surface area (Å²) in [5.74, 6) is -1.42. The molecule has 3 rings (SSSR count). The first-order valence-corrected chi connectivity index (χ1v) is 11.2. The van der Waals surface area contributed by atoms with E-state index < -0.39 is 13.4 Å². The fraction of sp³-hybridized carbons (Fsp3) is 0.706. The molecule has 2 aromatic heterocycles. The Labute approximate surface area is 168 Å². The van der Waals surface area contributed by atoms with E-state index in [2.05, 4.69) is 20.3 Å². The van der Waals surface area contributed by atoms with Gasteiger partial charge in [-0.1, -0.05) is 0 Å². The van der Waals surface area contributed by atoms with Crippen molar-refractivity contribution in [2.75, 3.05) is 19.7 Å². The number of nitrogens with one attached hydrogen (secondary N) is 2. The highest BCUT2D eigenvalue weighted by atomic mass is 31.2. The van der Waals surface area contributed by atoms with Gasteiger partial charge in [0.15, 0.2) is 17.0 Å². The summed E-state index contributed by atoms with van der Waals surface area (Å²) < 4.78 is 31.5. The first kappa shape index (κ1) is 22.1. The zero-order chi connectivity index (χ0) is 21.2. The molecule has 1 saturated heterocycles. The van der Waals surface area contributed by atoms with Gasteiger partial charge in [-0.2, -0.15) is 0 Å². The lowest BCUT2D eigenvalue weighted by molar-refractivity contribution is -0.00600. The van der Waals surface area contributed by atoms with E-state index in [0.717, 1.165) is 0 Å². The first-order chi connectivity index (χ1) is 13.7. The highest BCUT2D eigenvalue weighted by Gasteiger charge is 2.39. The molecule has 1 fully saturated rings. The standard InChI is InChI=1S/C17H28N5O6P/c1-10(2)27-29(25,28-11(3)4)14(23)7-26-13-6-18-5-12(13)22-9-21-15-16(22)19-8-20-17(15)24/h8-14,18,23H,5-7H2,1-4H3,(H,19,20,24)/t12-,13+,14+/m1/s1. The van der Waals surface area contributed by atoms with E-state index in [1.807, 2.05) is 0 Å². The Kier molecular flexibility index (Phi) is 6.87. The van der Waals surface area contributed by atoms with Crippen molar-refractivity contribution in [3.8, 4) is 0 Å². The molecule has 3 heterocycles. The molecule has 11 nitrogen and oxygen atoms in total. The highest BCUT2D eigenvalue weighted by molar-refractivity contribution is 7.54. The maximum atomic E-state index is 13.0. The van der Waals surface area contributed by atoms with Crippen LogP contribution in [0.15, 0.2) is 17.4 Å². The van der Waals surface area contributed by atoms with Crippen molar-refractivity contribution in [3.63, 3.8) is 0 Å². The zero-order valence-electron chi connectivity index (χ0n) is 16.9. The molecule has 0 spiro atoms. The van der Waals surface area contributed by atoms with Gasteiger partial charge in [-0.25, -0.2) is 9.97 Å². The van der Waals surface area contributed by atoms with Crippen molar-refractivity contribution in [3.05, 3.63) is 23.0 Å². The number of hydrogen-bond acceptors (Lipinski definition) is 9. The van der Waals surface area contributed by atoms with Crippen LogP contribution < -0.4 is 10.9 Å². The van der Waals surface area contributed by atoms with Crippen molar-refractivity contribution < 1.29 is 23.5 Å². The average molecular weight is 429 g/mol. The predicted molar refractivity (Wildman–Crippen MR) is 106 cm³/mol. The van der Waals surface area contributed by atoms with Crippen LogP contribution in [0.2, 0.25) is 0 Å². The number of aromatic amines is 1. The van der Waals surface area contributed by atoms with Crippen LogP contribution >= 0.6 is 7.60 Å². The number of ether oxygens (including phenoxy) is 1. The summed E-state index contributed by atoms with van der Waals surface area (Å²) in [5.41, 5.74) is 0.386. The van der Waals surface area contributed by atoms with Gasteiger partial charge >= 0.3 is 7.60 Å². The summed E-state index contributed by atoms with van der Waals surface area (Å²) in [6.45, 7) is 7.75. The normalized spacial score (nSPS) is 21.5. The molecule has 0 aliphatic carbocycles. The van der Waals surface area contributed by atoms with E-state index >= 15 is 0 Å². The molecule has 0 radical (unpaired) electrons. The van der Waals surface area contributed by atoms with Crippen LogP contribution in [0.5, 0.6) is 0 Å². The van der Waals surface area contributed by atoms with Crippen LogP contribution in [0.4, 0.5) is 0 Å². The molecule has 12 heteroatoms. The second-order valence-electron chi connectivity index (χ2n) is 7.48. The van der Waals surface area contributed by atoms with Crippen molar-refractivity contribution in [2.24, 2.45) is 0 Å². The number of aliphatic hydroxyl groups excluding tert-OH is 1. The van der Waals surface area contributed by atoms with E-state index in [9.17, 15) is 14.5 Å². The molecule has 0 bridgehead atoms. The lowest BCUT2D eigenvalue weighted by Gasteiger charge is -2.28. The summed E-state index contributed by atoms with van der Waals surface area (Å²) >= 11 is 0. The van der Waals surface area contributed by atoms with Gasteiger partial charge in [-0.15, -0.1) is 0 Å². The van der Waals surface area contributed by atoms with E-state index in [4.69, 9.17) is 13.8 Å². The Balaban J connectivity index is 1.72. The molecule has 1 aliphatic rings. The molecule has 0 unspecified atom stereocenters. The summed E-state index contributed by atoms with van der Waals surface area (Å²) in [7, 11) is -3.77. The monoisotopic (exact) mass is 429 g/mol. The third-order valence-corrected chi connectivity index (χ3v) is 6.70. The summed E-state index contributed by atoms with van der Waals surface area (Å²) in [6, 6.07) is -0.196. The van der Waals surface area contributed by atoms with Crippen LogP contribution in [0.25, 0.3) is 11.2 Å². The minimum absolute atomic E-state index is 0.196. The molecule has 0 saturated carbocycles. The van der Waals surface area contributed by atoms with Crippen molar-refractivity contribution in [2.45, 2.75) is 57.9 Å². The van der Waals surface area contributed by atoms with Crippen LogP contribution in [0.3, 0.4) is 0 Å². The second kappa shape index (κ2) is 9.03. The largest absolute Gasteiger partial charge is 0.378 e. The van der Waals surface area contributed by atoms with E-state index in [1.54, 1.807) is 38.6 Å². The van der Waals surface area contributed by atoms with Crippen LogP contribution in [-0.2, 0) is 18.3 Å². The van der Waals surface area contributed by atoms with E-state index in [-0.39, 0.29) is 42.0 Å². The first-order valence-electron chi connectivity index (χ1n) is 9.58. The minimum Gasteiger partial charge on any atom is -0.378 e. The number of aliphatic hydroxyl groups is 1. The smallest absolute Gasteiger partial charge is 0.361 e. The topological polar surface area (TPSA) is 141 Å². The zero-order valence-corrected chi connectivity index (χ0v) is 17.8. The molecular formula is C17H28N5O6P. The molecule has 2 aromatic rings.